The van der Waals surface area contributed by atoms with E-state index in [4.69, 9.17) is 9.26 Å². The highest BCUT2D eigenvalue weighted by Gasteiger charge is 2.31. The molecule has 2 heterocycles. The van der Waals surface area contributed by atoms with Gasteiger partial charge in [0.25, 0.3) is 0 Å². The first kappa shape index (κ1) is 17.6. The van der Waals surface area contributed by atoms with E-state index in [1.807, 2.05) is 42.2 Å². The molecule has 3 rings (SSSR count). The molecular formula is C19H25N3O3. The molecule has 0 saturated carbocycles. The van der Waals surface area contributed by atoms with Crippen molar-refractivity contribution in [3.8, 4) is 0 Å². The SMILES string of the molecule is CCC(=O)N1CCCCC1c1nc(CCOCc2ccccc2)no1. The summed E-state index contributed by atoms with van der Waals surface area (Å²) < 4.78 is 11.1. The predicted molar refractivity (Wildman–Crippen MR) is 92.7 cm³/mol. The monoisotopic (exact) mass is 343 g/mol. The number of hydrogen-bond donors (Lipinski definition) is 0. The third-order valence-electron chi connectivity index (χ3n) is 4.48. The molecule has 0 aliphatic carbocycles. The fourth-order valence-electron chi connectivity index (χ4n) is 3.12. The molecule has 1 aliphatic rings. The Bertz CT molecular complexity index is 672. The molecular weight excluding hydrogens is 318 g/mol. The zero-order valence-electron chi connectivity index (χ0n) is 14.7. The van der Waals surface area contributed by atoms with Gasteiger partial charge >= 0.3 is 0 Å². The molecule has 1 atom stereocenters. The van der Waals surface area contributed by atoms with E-state index in [9.17, 15) is 4.79 Å². The number of carbonyl (C=O) groups is 1. The van der Waals surface area contributed by atoms with Crippen LogP contribution < -0.4 is 0 Å². The number of benzene rings is 1. The minimum atomic E-state index is -0.0762. The van der Waals surface area contributed by atoms with Gasteiger partial charge in [0.2, 0.25) is 11.8 Å². The molecule has 25 heavy (non-hydrogen) atoms. The third-order valence-corrected chi connectivity index (χ3v) is 4.48. The van der Waals surface area contributed by atoms with Crippen LogP contribution in [0.1, 0.15) is 55.9 Å². The molecule has 1 unspecified atom stereocenters. The maximum atomic E-state index is 12.1. The number of ether oxygens (including phenoxy) is 1. The van der Waals surface area contributed by atoms with Gasteiger partial charge in [0.15, 0.2) is 5.82 Å². The number of hydrogen-bond acceptors (Lipinski definition) is 5. The van der Waals surface area contributed by atoms with Gasteiger partial charge in [-0.05, 0) is 24.8 Å². The van der Waals surface area contributed by atoms with E-state index >= 15 is 0 Å². The second kappa shape index (κ2) is 8.76. The Morgan fingerprint density at radius 2 is 2.16 bits per heavy atom. The number of nitrogens with zero attached hydrogens (tertiary/aromatic N) is 3. The summed E-state index contributed by atoms with van der Waals surface area (Å²) in [6.07, 6.45) is 4.11. The Morgan fingerprint density at radius 1 is 1.32 bits per heavy atom. The summed E-state index contributed by atoms with van der Waals surface area (Å²) in [7, 11) is 0. The lowest BCUT2D eigenvalue weighted by atomic mass is 10.0. The van der Waals surface area contributed by atoms with Gasteiger partial charge in [0.05, 0.1) is 13.2 Å². The average molecular weight is 343 g/mol. The first-order chi connectivity index (χ1) is 12.3. The zero-order valence-corrected chi connectivity index (χ0v) is 14.7. The van der Waals surface area contributed by atoms with Crippen LogP contribution in [0, 0.1) is 0 Å². The molecule has 1 fully saturated rings. The molecule has 134 valence electrons. The van der Waals surface area contributed by atoms with Crippen molar-refractivity contribution >= 4 is 5.91 Å². The molecule has 1 saturated heterocycles. The summed E-state index contributed by atoms with van der Waals surface area (Å²) in [6.45, 7) is 3.77. The Balaban J connectivity index is 1.52. The Kier molecular flexibility index (Phi) is 6.17. The van der Waals surface area contributed by atoms with Crippen molar-refractivity contribution in [1.29, 1.82) is 0 Å². The zero-order chi connectivity index (χ0) is 17.5. The minimum absolute atomic E-state index is 0.0762. The molecule has 0 spiro atoms. The van der Waals surface area contributed by atoms with Crippen LogP contribution in [0.5, 0.6) is 0 Å². The molecule has 2 aromatic rings. The molecule has 1 aromatic heterocycles. The van der Waals surface area contributed by atoms with Gasteiger partial charge in [-0.3, -0.25) is 4.79 Å². The van der Waals surface area contributed by atoms with Crippen LogP contribution in [0.3, 0.4) is 0 Å². The van der Waals surface area contributed by atoms with E-state index in [0.29, 0.717) is 37.8 Å². The van der Waals surface area contributed by atoms with Crippen LogP contribution in [-0.2, 0) is 22.6 Å². The smallest absolute Gasteiger partial charge is 0.249 e. The molecule has 0 N–H and O–H groups in total. The van der Waals surface area contributed by atoms with Crippen molar-refractivity contribution in [2.45, 2.75) is 51.7 Å². The van der Waals surface area contributed by atoms with Crippen molar-refractivity contribution in [2.75, 3.05) is 13.2 Å². The predicted octanol–water partition coefficient (Wildman–Crippen LogP) is 3.29. The van der Waals surface area contributed by atoms with Crippen LogP contribution in [0.2, 0.25) is 0 Å². The number of piperidine rings is 1. The fourth-order valence-corrected chi connectivity index (χ4v) is 3.12. The molecule has 0 radical (unpaired) electrons. The molecule has 0 bridgehead atoms. The van der Waals surface area contributed by atoms with Crippen molar-refractivity contribution in [3.63, 3.8) is 0 Å². The number of amides is 1. The van der Waals surface area contributed by atoms with Gasteiger partial charge in [-0.15, -0.1) is 0 Å². The number of rotatable bonds is 7. The normalized spacial score (nSPS) is 17.6. The lowest BCUT2D eigenvalue weighted by Gasteiger charge is -2.33. The first-order valence-electron chi connectivity index (χ1n) is 9.01. The first-order valence-corrected chi connectivity index (χ1v) is 9.01. The summed E-state index contributed by atoms with van der Waals surface area (Å²) in [5, 5.41) is 4.05. The summed E-state index contributed by atoms with van der Waals surface area (Å²) in [5.74, 6) is 1.34. The summed E-state index contributed by atoms with van der Waals surface area (Å²) in [4.78, 5) is 18.5. The van der Waals surface area contributed by atoms with E-state index in [2.05, 4.69) is 10.1 Å². The highest BCUT2D eigenvalue weighted by atomic mass is 16.5. The summed E-state index contributed by atoms with van der Waals surface area (Å²) in [6, 6.07) is 9.98. The van der Waals surface area contributed by atoms with E-state index in [-0.39, 0.29) is 11.9 Å². The minimum Gasteiger partial charge on any atom is -0.376 e. The number of likely N-dealkylation sites (tertiary alicyclic amines) is 1. The molecule has 6 nitrogen and oxygen atoms in total. The topological polar surface area (TPSA) is 68.5 Å². The lowest BCUT2D eigenvalue weighted by Crippen LogP contribution is -2.38. The number of carbonyl (C=O) groups excluding carboxylic acids is 1. The Labute approximate surface area is 148 Å². The second-order valence-electron chi connectivity index (χ2n) is 6.29. The summed E-state index contributed by atoms with van der Waals surface area (Å²) >= 11 is 0. The van der Waals surface area contributed by atoms with Crippen molar-refractivity contribution in [1.82, 2.24) is 15.0 Å². The average Bonchev–Trinajstić information content (AvgIpc) is 3.14. The highest BCUT2D eigenvalue weighted by Crippen LogP contribution is 2.30. The van der Waals surface area contributed by atoms with E-state index in [1.165, 1.54) is 0 Å². The quantitative estimate of drug-likeness (QED) is 0.722. The van der Waals surface area contributed by atoms with Gasteiger partial charge in [-0.25, -0.2) is 0 Å². The van der Waals surface area contributed by atoms with Crippen LogP contribution >= 0.6 is 0 Å². The van der Waals surface area contributed by atoms with Crippen molar-refractivity contribution < 1.29 is 14.1 Å². The maximum Gasteiger partial charge on any atom is 0.249 e. The largest absolute Gasteiger partial charge is 0.376 e. The molecule has 6 heteroatoms. The number of aromatic nitrogens is 2. The van der Waals surface area contributed by atoms with Gasteiger partial charge < -0.3 is 14.2 Å². The van der Waals surface area contributed by atoms with Gasteiger partial charge in [-0.1, -0.05) is 42.4 Å². The van der Waals surface area contributed by atoms with Crippen LogP contribution in [-0.4, -0.2) is 34.1 Å². The van der Waals surface area contributed by atoms with Crippen molar-refractivity contribution in [3.05, 3.63) is 47.6 Å². The van der Waals surface area contributed by atoms with Crippen LogP contribution in [0.4, 0.5) is 0 Å². The summed E-state index contributed by atoms with van der Waals surface area (Å²) in [5.41, 5.74) is 1.15. The Morgan fingerprint density at radius 3 is 2.96 bits per heavy atom. The lowest BCUT2D eigenvalue weighted by molar-refractivity contribution is -0.135. The van der Waals surface area contributed by atoms with Gasteiger partial charge in [0.1, 0.15) is 6.04 Å². The fraction of sp³-hybridized carbons (Fsp3) is 0.526. The van der Waals surface area contributed by atoms with Crippen LogP contribution in [0.25, 0.3) is 0 Å². The van der Waals surface area contributed by atoms with E-state index < -0.39 is 0 Å². The maximum absolute atomic E-state index is 12.1. The van der Waals surface area contributed by atoms with E-state index in [0.717, 1.165) is 31.4 Å². The Hall–Kier alpha value is -2.21. The molecule has 1 aliphatic heterocycles. The second-order valence-corrected chi connectivity index (χ2v) is 6.29. The van der Waals surface area contributed by atoms with Crippen molar-refractivity contribution in [2.24, 2.45) is 0 Å². The van der Waals surface area contributed by atoms with E-state index in [1.54, 1.807) is 0 Å². The highest BCUT2D eigenvalue weighted by molar-refractivity contribution is 5.76. The molecule has 1 amide bonds. The molecule has 1 aromatic carbocycles. The standard InChI is InChI=1S/C19H25N3O3/c1-2-18(23)22-12-7-6-10-16(22)19-20-17(21-25-19)11-13-24-14-15-8-4-3-5-9-15/h3-5,8-9,16H,2,6-7,10-14H2,1H3. The van der Waals surface area contributed by atoms with Gasteiger partial charge in [0, 0.05) is 19.4 Å². The third kappa shape index (κ3) is 4.66. The van der Waals surface area contributed by atoms with Gasteiger partial charge in [-0.2, -0.15) is 4.98 Å². The van der Waals surface area contributed by atoms with Crippen LogP contribution in [0.15, 0.2) is 34.9 Å².